The lowest BCUT2D eigenvalue weighted by Crippen LogP contribution is -2.49. The van der Waals surface area contributed by atoms with Crippen molar-refractivity contribution in [3.8, 4) is 0 Å². The number of hydrogen-bond acceptors (Lipinski definition) is 9. The SMILES string of the molecule is CCCCCCCC/C=C/CCCCCCCC(=O)NC(CS)C(=O)NCCCCCCCCCCCCCCCC.CCCCCCCC/C=C/CCCCCCCC(=O)NC(CSSCC(NC(=O)CCCCCCC/C=C/CCCCCCCC)C(=O)NCCCCCCCCCCCCCCCC)C(=O)NCCCCCCCCCCCCCCCC. The summed E-state index contributed by atoms with van der Waals surface area (Å²) in [5.41, 5.74) is 0. The van der Waals surface area contributed by atoms with Crippen molar-refractivity contribution in [1.29, 1.82) is 0 Å². The first-order chi connectivity index (χ1) is 62.0. The van der Waals surface area contributed by atoms with Crippen LogP contribution in [-0.2, 0) is 28.8 Å². The van der Waals surface area contributed by atoms with E-state index >= 15 is 0 Å². The molecule has 0 fully saturated rings. The minimum Gasteiger partial charge on any atom is -0.354 e. The van der Waals surface area contributed by atoms with Gasteiger partial charge in [0.05, 0.1) is 0 Å². The Morgan fingerprint density at radius 2 is 0.357 bits per heavy atom. The predicted molar refractivity (Wildman–Crippen MR) is 563 cm³/mol. The molecule has 3 unspecified atom stereocenters. The van der Waals surface area contributed by atoms with Gasteiger partial charge in [-0.15, -0.1) is 0 Å². The summed E-state index contributed by atoms with van der Waals surface area (Å²) >= 11 is 4.30. The molecule has 742 valence electrons. The summed E-state index contributed by atoms with van der Waals surface area (Å²) in [6, 6.07) is -1.85. The number of carbonyl (C=O) groups is 6. The third-order valence-electron chi connectivity index (χ3n) is 25.2. The van der Waals surface area contributed by atoms with E-state index in [4.69, 9.17) is 0 Å². The Labute approximate surface area is 797 Å². The van der Waals surface area contributed by atoms with Crippen LogP contribution < -0.4 is 31.9 Å². The Balaban J connectivity index is 0. The van der Waals surface area contributed by atoms with Gasteiger partial charge in [-0.2, -0.15) is 12.6 Å². The lowest BCUT2D eigenvalue weighted by Gasteiger charge is -2.20. The van der Waals surface area contributed by atoms with Crippen LogP contribution in [0.4, 0.5) is 0 Å². The van der Waals surface area contributed by atoms with E-state index in [2.05, 4.69) is 123 Å². The number of unbranched alkanes of at least 4 members (excludes halogenated alkanes) is 72. The number of amides is 6. The van der Waals surface area contributed by atoms with Crippen LogP contribution in [0, 0.1) is 0 Å². The number of nitrogens with one attached hydrogen (secondary N) is 6. The van der Waals surface area contributed by atoms with Crippen molar-refractivity contribution in [1.82, 2.24) is 31.9 Å². The molecule has 0 spiro atoms. The van der Waals surface area contributed by atoms with Crippen molar-refractivity contribution >= 4 is 69.7 Å². The van der Waals surface area contributed by atoms with E-state index in [1.54, 1.807) is 0 Å². The van der Waals surface area contributed by atoms with Crippen molar-refractivity contribution in [2.24, 2.45) is 0 Å². The van der Waals surface area contributed by atoms with Crippen LogP contribution in [-0.4, -0.2) is 90.5 Å². The van der Waals surface area contributed by atoms with E-state index < -0.39 is 18.1 Å². The maximum atomic E-state index is 13.7. The minimum absolute atomic E-state index is 0.0293. The fourth-order valence-corrected chi connectivity index (χ4v) is 19.2. The summed E-state index contributed by atoms with van der Waals surface area (Å²) in [5.74, 6) is 0.585. The van der Waals surface area contributed by atoms with Gasteiger partial charge in [0, 0.05) is 56.2 Å². The fraction of sp³-hybridized carbons (Fsp3) is 0.892. The molecule has 0 radical (unpaired) electrons. The molecule has 0 heterocycles. The zero-order chi connectivity index (χ0) is 91.7. The molecule has 0 saturated carbocycles. The zero-order valence-corrected chi connectivity index (χ0v) is 87.1. The molecule has 3 atom stereocenters. The summed E-state index contributed by atoms with van der Waals surface area (Å²) in [6.07, 6.45) is 118. The van der Waals surface area contributed by atoms with E-state index in [1.807, 2.05) is 0 Å². The minimum atomic E-state index is -0.659. The smallest absolute Gasteiger partial charge is 0.243 e. The van der Waals surface area contributed by atoms with Gasteiger partial charge in [-0.25, -0.2) is 0 Å². The van der Waals surface area contributed by atoms with Gasteiger partial charge in [0.25, 0.3) is 0 Å². The molecule has 0 rings (SSSR count). The highest BCUT2D eigenvalue weighted by atomic mass is 33.1. The summed E-state index contributed by atoms with van der Waals surface area (Å²) < 4.78 is 0. The van der Waals surface area contributed by atoms with E-state index in [9.17, 15) is 28.8 Å². The zero-order valence-electron chi connectivity index (χ0n) is 84.5. The van der Waals surface area contributed by atoms with Gasteiger partial charge in [-0.05, 0) is 116 Å². The van der Waals surface area contributed by atoms with Gasteiger partial charge in [0.1, 0.15) is 18.1 Å². The van der Waals surface area contributed by atoms with E-state index in [0.29, 0.717) is 56.2 Å². The third kappa shape index (κ3) is 100. The molecule has 0 aromatic rings. The first-order valence-electron chi connectivity index (χ1n) is 55.6. The highest BCUT2D eigenvalue weighted by molar-refractivity contribution is 8.76. The van der Waals surface area contributed by atoms with Crippen LogP contribution >= 0.6 is 34.2 Å². The molecule has 0 saturated heterocycles. The van der Waals surface area contributed by atoms with Crippen molar-refractivity contribution in [2.45, 2.75) is 599 Å². The Morgan fingerprint density at radius 1 is 0.206 bits per heavy atom. The van der Waals surface area contributed by atoms with Crippen molar-refractivity contribution < 1.29 is 28.8 Å². The largest absolute Gasteiger partial charge is 0.354 e. The Bertz CT molecular complexity index is 2260. The summed E-state index contributed by atoms with van der Waals surface area (Å²) in [6.45, 7) is 15.6. The molecule has 0 aliphatic rings. The molecule has 6 N–H and O–H groups in total. The van der Waals surface area contributed by atoms with Gasteiger partial charge < -0.3 is 31.9 Å². The molecule has 0 bridgehead atoms. The van der Waals surface area contributed by atoms with E-state index in [0.717, 1.165) is 103 Å². The van der Waals surface area contributed by atoms with Gasteiger partial charge in [-0.1, -0.05) is 504 Å². The van der Waals surface area contributed by atoms with Gasteiger partial charge in [0.15, 0.2) is 0 Å². The lowest BCUT2D eigenvalue weighted by molar-refractivity contribution is -0.128. The molecule has 0 aromatic carbocycles. The number of rotatable bonds is 102. The molecular formula is C111H214N6O6S3. The normalized spacial score (nSPS) is 12.3. The maximum absolute atomic E-state index is 13.7. The van der Waals surface area contributed by atoms with Crippen LogP contribution in [0.3, 0.4) is 0 Å². The second-order valence-corrected chi connectivity index (χ2v) is 40.7. The first kappa shape index (κ1) is 125. The number of allylic oxidation sites excluding steroid dienone is 6. The van der Waals surface area contributed by atoms with E-state index in [-0.39, 0.29) is 35.4 Å². The van der Waals surface area contributed by atoms with Crippen LogP contribution in [0.2, 0.25) is 0 Å². The summed E-state index contributed by atoms with van der Waals surface area (Å²) in [5, 5.41) is 18.4. The lowest BCUT2D eigenvalue weighted by atomic mass is 10.0. The van der Waals surface area contributed by atoms with Gasteiger partial charge >= 0.3 is 0 Å². The second-order valence-electron chi connectivity index (χ2n) is 37.8. The van der Waals surface area contributed by atoms with Crippen LogP contribution in [0.25, 0.3) is 0 Å². The van der Waals surface area contributed by atoms with Crippen molar-refractivity contribution in [3.63, 3.8) is 0 Å². The number of thiol groups is 1. The van der Waals surface area contributed by atoms with Gasteiger partial charge in [-0.3, -0.25) is 28.8 Å². The standard InChI is InChI=1S/C74H142N4O4S2.C37H72N2O2S/c1-5-9-13-17-21-25-29-33-37-39-43-47-51-55-59-63-71(79)77-69(73(81)75-65-61-57-53-49-45-41-35-31-27-23-19-15-11-7-3)67-83-84-68-70(74(82)76-66-62-58-54-50-46-42-36-32-28-24-20-16-12-8-4)78-72(80)64-60-56-52-48-44-40-38-34-30-26-22-18-14-10-6-2;1-3-5-7-9-11-13-15-17-19-20-22-24-26-28-30-32-36(40)39-35(34-42)37(41)38-33-31-29-27-25-23-21-18-16-14-12-10-8-6-4-2/h33-34,37-38,69-70H,5-32,35-36,39-68H2,1-4H3,(H,75,81)(H,76,82)(H,77,79)(H,78,80);17,19,35,42H,3-16,18,20-34H2,1-2H3,(H,38,41)(H,39,40)/b37-33+,38-34+;19-17+. The highest BCUT2D eigenvalue weighted by Crippen LogP contribution is 2.25. The van der Waals surface area contributed by atoms with Crippen molar-refractivity contribution in [2.75, 3.05) is 36.9 Å². The van der Waals surface area contributed by atoms with Crippen molar-refractivity contribution in [3.05, 3.63) is 36.5 Å². The van der Waals surface area contributed by atoms with Gasteiger partial charge in [0.2, 0.25) is 35.4 Å². The molecule has 6 amide bonds. The fourth-order valence-electron chi connectivity index (χ4n) is 16.6. The summed E-state index contributed by atoms with van der Waals surface area (Å²) in [7, 11) is 3.01. The summed E-state index contributed by atoms with van der Waals surface area (Å²) in [4.78, 5) is 79.0. The number of carbonyl (C=O) groups excluding carboxylic acids is 6. The second kappa shape index (κ2) is 109. The highest BCUT2D eigenvalue weighted by Gasteiger charge is 2.25. The molecule has 12 nitrogen and oxygen atoms in total. The first-order valence-corrected chi connectivity index (χ1v) is 58.7. The third-order valence-corrected chi connectivity index (χ3v) is 28.0. The van der Waals surface area contributed by atoms with Crippen LogP contribution in [0.5, 0.6) is 0 Å². The predicted octanol–water partition coefficient (Wildman–Crippen LogP) is 33.6. The van der Waals surface area contributed by atoms with Crippen LogP contribution in [0.15, 0.2) is 36.5 Å². The maximum Gasteiger partial charge on any atom is 0.243 e. The van der Waals surface area contributed by atoms with E-state index in [1.165, 1.54) is 439 Å². The Kier molecular flexibility index (Phi) is 108. The molecule has 15 heteroatoms. The molecule has 0 aliphatic heterocycles. The molecule has 0 aromatic heterocycles. The Hall–Kier alpha value is -2.91. The molecular weight excluding hydrogens is 1610 g/mol. The van der Waals surface area contributed by atoms with Crippen LogP contribution in [0.1, 0.15) is 581 Å². The topological polar surface area (TPSA) is 175 Å². The average molecular weight is 1830 g/mol. The average Bonchev–Trinajstić information content (AvgIpc) is 0.938. The quantitative estimate of drug-likeness (QED) is 0.0136. The monoisotopic (exact) mass is 1820 g/mol. The molecule has 126 heavy (non-hydrogen) atoms. The number of hydrogen-bond donors (Lipinski definition) is 7. The molecule has 0 aliphatic carbocycles. The Morgan fingerprint density at radius 3 is 0.540 bits per heavy atom.